The van der Waals surface area contributed by atoms with Crippen molar-refractivity contribution < 1.29 is 28.7 Å². The molecule has 0 saturated carbocycles. The SMILES string of the molecule is C=CCOc1c(/C=c2\sc3n(c2=O)[C@@H](c2cc(OC)ccc2OC)C(C(=O)N(CC)CC)=C(C)N=3)cc([N+](=O)[O-])cc1OC. The van der Waals surface area contributed by atoms with Gasteiger partial charge in [-0.1, -0.05) is 24.0 Å². The number of carbonyl (C=O) groups excluding carboxylic acids is 1. The number of fused-ring (bicyclic) bond motifs is 1. The molecule has 0 aliphatic carbocycles. The number of hydrogen-bond acceptors (Lipinski definition) is 10. The van der Waals surface area contributed by atoms with E-state index in [-0.39, 0.29) is 39.8 Å². The molecule has 0 unspecified atom stereocenters. The van der Waals surface area contributed by atoms with E-state index >= 15 is 0 Å². The van der Waals surface area contributed by atoms with E-state index in [0.717, 1.165) is 11.3 Å². The van der Waals surface area contributed by atoms with Crippen LogP contribution < -0.4 is 33.8 Å². The molecule has 0 bridgehead atoms. The Morgan fingerprint density at radius 2 is 1.84 bits per heavy atom. The highest BCUT2D eigenvalue weighted by atomic mass is 32.1. The van der Waals surface area contributed by atoms with Gasteiger partial charge in [-0.2, -0.15) is 0 Å². The van der Waals surface area contributed by atoms with E-state index in [1.54, 1.807) is 30.0 Å². The minimum atomic E-state index is -0.900. The zero-order valence-corrected chi connectivity index (χ0v) is 26.2. The smallest absolute Gasteiger partial charge is 0.274 e. The summed E-state index contributed by atoms with van der Waals surface area (Å²) >= 11 is 1.09. The molecule has 0 fully saturated rings. The maximum absolute atomic E-state index is 14.3. The molecule has 232 valence electrons. The lowest BCUT2D eigenvalue weighted by atomic mass is 9.93. The second kappa shape index (κ2) is 13.6. The number of carbonyl (C=O) groups is 1. The van der Waals surface area contributed by atoms with Crippen molar-refractivity contribution in [3.8, 4) is 23.0 Å². The number of thiazole rings is 1. The Morgan fingerprint density at radius 1 is 1.14 bits per heavy atom. The number of benzene rings is 2. The molecule has 0 saturated heterocycles. The van der Waals surface area contributed by atoms with E-state index in [1.807, 2.05) is 13.8 Å². The summed E-state index contributed by atoms with van der Waals surface area (Å²) in [6.45, 7) is 10.2. The van der Waals surface area contributed by atoms with E-state index in [1.165, 1.54) is 50.2 Å². The third kappa shape index (κ3) is 5.95. The highest BCUT2D eigenvalue weighted by molar-refractivity contribution is 7.07. The Balaban J connectivity index is 2.07. The molecule has 0 N–H and O–H groups in total. The van der Waals surface area contributed by atoms with Gasteiger partial charge in [0.2, 0.25) is 0 Å². The van der Waals surface area contributed by atoms with Gasteiger partial charge in [0, 0.05) is 30.3 Å². The number of likely N-dealkylation sites (N-methyl/N-ethyl adjacent to an activating group) is 1. The second-order valence-corrected chi connectivity index (χ2v) is 10.6. The number of hydrogen-bond donors (Lipinski definition) is 0. The number of aromatic nitrogens is 1. The van der Waals surface area contributed by atoms with Gasteiger partial charge in [-0.3, -0.25) is 24.3 Å². The molecule has 0 radical (unpaired) electrons. The van der Waals surface area contributed by atoms with Crippen molar-refractivity contribution in [3.05, 3.63) is 95.2 Å². The number of nitro groups is 1. The van der Waals surface area contributed by atoms with Crippen LogP contribution in [0.2, 0.25) is 0 Å². The van der Waals surface area contributed by atoms with Crippen LogP contribution in [-0.2, 0) is 4.79 Å². The molecule has 2 aromatic carbocycles. The van der Waals surface area contributed by atoms with Gasteiger partial charge in [0.05, 0.1) is 48.1 Å². The summed E-state index contributed by atoms with van der Waals surface area (Å²) in [5.74, 6) is 1.04. The molecule has 1 amide bonds. The molecular formula is C31H34N4O8S. The monoisotopic (exact) mass is 622 g/mol. The van der Waals surface area contributed by atoms with Crippen LogP contribution in [0.25, 0.3) is 6.08 Å². The number of methoxy groups -OCH3 is 3. The molecule has 0 spiro atoms. The zero-order chi connectivity index (χ0) is 32.1. The highest BCUT2D eigenvalue weighted by Gasteiger charge is 2.36. The highest BCUT2D eigenvalue weighted by Crippen LogP contribution is 2.39. The normalized spacial score (nSPS) is 14.4. The molecule has 3 aromatic rings. The molecule has 1 aliphatic heterocycles. The molecule has 1 atom stereocenters. The van der Waals surface area contributed by atoms with Crippen molar-refractivity contribution in [2.45, 2.75) is 26.8 Å². The fourth-order valence-electron chi connectivity index (χ4n) is 5.03. The minimum Gasteiger partial charge on any atom is -0.497 e. The second-order valence-electron chi connectivity index (χ2n) is 9.59. The van der Waals surface area contributed by atoms with Gasteiger partial charge in [0.25, 0.3) is 17.2 Å². The molecule has 1 aliphatic rings. The number of amides is 1. The summed E-state index contributed by atoms with van der Waals surface area (Å²) in [6.07, 6.45) is 3.03. The van der Waals surface area contributed by atoms with E-state index < -0.39 is 16.5 Å². The first-order valence-electron chi connectivity index (χ1n) is 13.8. The van der Waals surface area contributed by atoms with Crippen molar-refractivity contribution in [1.82, 2.24) is 9.47 Å². The summed E-state index contributed by atoms with van der Waals surface area (Å²) in [4.78, 5) is 46.1. The number of allylic oxidation sites excluding steroid dienone is 1. The van der Waals surface area contributed by atoms with Crippen LogP contribution in [-0.4, -0.2) is 61.3 Å². The average Bonchev–Trinajstić information content (AvgIpc) is 3.32. The topological polar surface area (TPSA) is 135 Å². The number of nitrogens with zero attached hydrogens (tertiary/aromatic N) is 4. The summed E-state index contributed by atoms with van der Waals surface area (Å²) in [5.41, 5.74) is 0.878. The fourth-order valence-corrected chi connectivity index (χ4v) is 6.07. The Kier molecular flexibility index (Phi) is 9.89. The van der Waals surface area contributed by atoms with Crippen LogP contribution in [0.3, 0.4) is 0 Å². The van der Waals surface area contributed by atoms with E-state index in [0.29, 0.717) is 46.2 Å². The number of rotatable bonds is 12. The van der Waals surface area contributed by atoms with Crippen molar-refractivity contribution in [1.29, 1.82) is 0 Å². The Bertz CT molecular complexity index is 1820. The maximum atomic E-state index is 14.3. The van der Waals surface area contributed by atoms with Gasteiger partial charge in [0.15, 0.2) is 16.3 Å². The molecule has 12 nitrogen and oxygen atoms in total. The van der Waals surface area contributed by atoms with Crippen molar-refractivity contribution in [2.24, 2.45) is 4.99 Å². The fraction of sp³-hybridized carbons (Fsp3) is 0.323. The molecule has 13 heteroatoms. The molecular weight excluding hydrogens is 588 g/mol. The van der Waals surface area contributed by atoms with Crippen LogP contribution in [0, 0.1) is 10.1 Å². The third-order valence-corrected chi connectivity index (χ3v) is 8.15. The molecule has 4 rings (SSSR count). The summed E-state index contributed by atoms with van der Waals surface area (Å²) in [7, 11) is 4.41. The van der Waals surface area contributed by atoms with E-state index in [2.05, 4.69) is 6.58 Å². The lowest BCUT2D eigenvalue weighted by Crippen LogP contribution is -2.43. The summed E-state index contributed by atoms with van der Waals surface area (Å²) in [5, 5.41) is 11.7. The maximum Gasteiger partial charge on any atom is 0.274 e. The Labute approximate surface area is 257 Å². The lowest BCUT2D eigenvalue weighted by Gasteiger charge is -2.30. The Morgan fingerprint density at radius 3 is 2.43 bits per heavy atom. The number of non-ortho nitro benzene ring substituents is 1. The van der Waals surface area contributed by atoms with Gasteiger partial charge in [-0.25, -0.2) is 4.99 Å². The zero-order valence-electron chi connectivity index (χ0n) is 25.4. The van der Waals surface area contributed by atoms with Crippen LogP contribution in [0.5, 0.6) is 23.0 Å². The van der Waals surface area contributed by atoms with Crippen LogP contribution in [0.1, 0.15) is 37.9 Å². The van der Waals surface area contributed by atoms with Crippen molar-refractivity contribution in [3.63, 3.8) is 0 Å². The van der Waals surface area contributed by atoms with Crippen LogP contribution in [0.4, 0.5) is 5.69 Å². The standard InChI is InChI=1S/C31H34N4O8S/c1-8-13-43-28-19(14-20(35(38)39)16-24(28)42-7)15-25-29(36)34-27(22-17-21(40-5)11-12-23(22)41-6)26(18(4)32-31(34)44-25)30(37)33(9-2)10-3/h8,11-12,14-17,27H,1,9-10,13H2,2-7H3/b25-15-/t27-/m0/s1. The van der Waals surface area contributed by atoms with Crippen molar-refractivity contribution in [2.75, 3.05) is 41.0 Å². The van der Waals surface area contributed by atoms with Gasteiger partial charge in [0.1, 0.15) is 24.1 Å². The predicted octanol–water partition coefficient (Wildman–Crippen LogP) is 3.60. The largest absolute Gasteiger partial charge is 0.497 e. The van der Waals surface area contributed by atoms with Crippen LogP contribution in [0.15, 0.2) is 64.0 Å². The van der Waals surface area contributed by atoms with E-state index in [4.69, 9.17) is 23.9 Å². The van der Waals surface area contributed by atoms with Gasteiger partial charge in [-0.15, -0.1) is 0 Å². The first kappa shape index (κ1) is 32.0. The third-order valence-electron chi connectivity index (χ3n) is 7.17. The Hall–Kier alpha value is -4.91. The first-order chi connectivity index (χ1) is 21.1. The van der Waals surface area contributed by atoms with Gasteiger partial charge >= 0.3 is 0 Å². The van der Waals surface area contributed by atoms with E-state index in [9.17, 15) is 19.7 Å². The lowest BCUT2D eigenvalue weighted by molar-refractivity contribution is -0.385. The number of ether oxygens (including phenoxy) is 4. The quantitative estimate of drug-likeness (QED) is 0.170. The summed E-state index contributed by atoms with van der Waals surface area (Å²) in [6, 6.07) is 6.85. The van der Waals surface area contributed by atoms with Gasteiger partial charge < -0.3 is 23.8 Å². The molecule has 44 heavy (non-hydrogen) atoms. The minimum absolute atomic E-state index is 0.0991. The van der Waals surface area contributed by atoms with Crippen molar-refractivity contribution >= 4 is 29.0 Å². The van der Waals surface area contributed by atoms with Crippen LogP contribution >= 0.6 is 11.3 Å². The number of nitro benzene ring substituents is 1. The summed E-state index contributed by atoms with van der Waals surface area (Å²) < 4.78 is 24.0. The molecule has 1 aromatic heterocycles. The van der Waals surface area contributed by atoms with Gasteiger partial charge in [-0.05, 0) is 45.0 Å². The average molecular weight is 623 g/mol. The first-order valence-corrected chi connectivity index (χ1v) is 14.6. The molecule has 2 heterocycles. The predicted molar refractivity (Wildman–Crippen MR) is 167 cm³/mol.